The van der Waals surface area contributed by atoms with Gasteiger partial charge in [0, 0.05) is 25.1 Å². The fourth-order valence-corrected chi connectivity index (χ4v) is 2.63. The van der Waals surface area contributed by atoms with Crippen molar-refractivity contribution in [2.24, 2.45) is 0 Å². The average Bonchev–Trinajstić information content (AvgIpc) is 3.04. The summed E-state index contributed by atoms with van der Waals surface area (Å²) >= 11 is 0. The Labute approximate surface area is 105 Å². The molecule has 1 aliphatic carbocycles. The zero-order chi connectivity index (χ0) is 12.4. The molecule has 0 atom stereocenters. The third kappa shape index (κ3) is 2.26. The Kier molecular flexibility index (Phi) is 3.05. The largest absolute Gasteiger partial charge is 0.349 e. The Balaban J connectivity index is 1.52. The van der Waals surface area contributed by atoms with E-state index in [1.165, 1.54) is 6.20 Å². The summed E-state index contributed by atoms with van der Waals surface area (Å²) < 4.78 is 11.3. The first-order valence-corrected chi connectivity index (χ1v) is 6.35. The lowest BCUT2D eigenvalue weighted by Gasteiger charge is -2.35. The molecular weight excluding hydrogens is 234 g/mol. The number of hydrogen-bond donors (Lipinski definition) is 2. The van der Waals surface area contributed by atoms with Crippen LogP contribution in [0, 0.1) is 0 Å². The summed E-state index contributed by atoms with van der Waals surface area (Å²) in [5, 5.41) is 9.42. The molecule has 1 amide bonds. The van der Waals surface area contributed by atoms with E-state index in [-0.39, 0.29) is 17.7 Å². The molecule has 2 heterocycles. The number of aromatic amines is 1. The number of carbonyl (C=O) groups is 1. The second-order valence-corrected chi connectivity index (χ2v) is 4.84. The van der Waals surface area contributed by atoms with Crippen LogP contribution < -0.4 is 5.32 Å². The zero-order valence-electron chi connectivity index (χ0n) is 10.1. The van der Waals surface area contributed by atoms with E-state index in [0.717, 1.165) is 25.7 Å². The van der Waals surface area contributed by atoms with Gasteiger partial charge in [-0.25, -0.2) is 0 Å². The van der Waals surface area contributed by atoms with Crippen LogP contribution >= 0.6 is 0 Å². The van der Waals surface area contributed by atoms with Crippen molar-refractivity contribution in [2.75, 3.05) is 13.2 Å². The molecule has 3 rings (SSSR count). The second kappa shape index (κ2) is 4.70. The van der Waals surface area contributed by atoms with E-state index in [2.05, 4.69) is 15.5 Å². The molecule has 6 nitrogen and oxygen atoms in total. The summed E-state index contributed by atoms with van der Waals surface area (Å²) in [7, 11) is 0. The number of rotatable bonds is 2. The first-order chi connectivity index (χ1) is 8.77. The van der Waals surface area contributed by atoms with E-state index in [0.29, 0.717) is 18.8 Å². The lowest BCUT2D eigenvalue weighted by atomic mass is 9.90. The molecule has 1 saturated heterocycles. The van der Waals surface area contributed by atoms with Crippen molar-refractivity contribution < 1.29 is 14.3 Å². The number of H-pyrrole nitrogens is 1. The molecule has 0 unspecified atom stereocenters. The zero-order valence-corrected chi connectivity index (χ0v) is 10.1. The number of nitrogens with zero attached hydrogens (tertiary/aromatic N) is 1. The number of aromatic nitrogens is 2. The van der Waals surface area contributed by atoms with Crippen LogP contribution in [0.1, 0.15) is 36.0 Å². The molecule has 1 aliphatic heterocycles. The van der Waals surface area contributed by atoms with Gasteiger partial charge < -0.3 is 14.8 Å². The average molecular weight is 251 g/mol. The molecule has 1 aromatic rings. The van der Waals surface area contributed by atoms with Gasteiger partial charge in [-0.1, -0.05) is 0 Å². The maximum atomic E-state index is 11.9. The highest BCUT2D eigenvalue weighted by Gasteiger charge is 2.40. The predicted molar refractivity (Wildman–Crippen MR) is 62.9 cm³/mol. The number of carbonyl (C=O) groups excluding carboxylic acids is 1. The van der Waals surface area contributed by atoms with E-state index in [4.69, 9.17) is 9.47 Å². The first kappa shape index (κ1) is 11.7. The number of hydrogen-bond acceptors (Lipinski definition) is 4. The highest BCUT2D eigenvalue weighted by atomic mass is 16.7. The summed E-state index contributed by atoms with van der Waals surface area (Å²) in [6, 6.07) is 0.200. The SMILES string of the molecule is O=C(NC1CCC2(CC1)OCCO2)c1cn[nH]c1. The minimum Gasteiger partial charge on any atom is -0.349 e. The van der Waals surface area contributed by atoms with Crippen LogP contribution in [0.5, 0.6) is 0 Å². The topological polar surface area (TPSA) is 76.2 Å². The Morgan fingerprint density at radius 2 is 2.11 bits per heavy atom. The van der Waals surface area contributed by atoms with Gasteiger partial charge in [-0.15, -0.1) is 0 Å². The summed E-state index contributed by atoms with van der Waals surface area (Å²) in [6.45, 7) is 1.37. The first-order valence-electron chi connectivity index (χ1n) is 6.35. The maximum Gasteiger partial charge on any atom is 0.254 e. The van der Waals surface area contributed by atoms with Gasteiger partial charge >= 0.3 is 0 Å². The second-order valence-electron chi connectivity index (χ2n) is 4.84. The van der Waals surface area contributed by atoms with Crippen LogP contribution in [0.2, 0.25) is 0 Å². The van der Waals surface area contributed by atoms with E-state index < -0.39 is 0 Å². The van der Waals surface area contributed by atoms with E-state index in [1.807, 2.05) is 0 Å². The van der Waals surface area contributed by atoms with Crippen LogP contribution in [0.3, 0.4) is 0 Å². The quantitative estimate of drug-likeness (QED) is 0.816. The summed E-state index contributed by atoms with van der Waals surface area (Å²) in [4.78, 5) is 11.9. The number of amides is 1. The van der Waals surface area contributed by atoms with Crippen LogP contribution in [0.25, 0.3) is 0 Å². The molecule has 0 bridgehead atoms. The molecule has 1 aromatic heterocycles. The lowest BCUT2D eigenvalue weighted by Crippen LogP contribution is -2.43. The smallest absolute Gasteiger partial charge is 0.254 e. The summed E-state index contributed by atoms with van der Waals surface area (Å²) in [5.41, 5.74) is 0.573. The molecule has 1 spiro atoms. The van der Waals surface area contributed by atoms with Crippen LogP contribution in [0.4, 0.5) is 0 Å². The standard InChI is InChI=1S/C12H17N3O3/c16-11(9-7-13-14-8-9)15-10-1-3-12(4-2-10)17-5-6-18-12/h7-8,10H,1-6H2,(H,13,14)(H,15,16). The molecule has 2 N–H and O–H groups in total. The van der Waals surface area contributed by atoms with Gasteiger partial charge in [-0.05, 0) is 12.8 Å². The van der Waals surface area contributed by atoms with Gasteiger partial charge in [0.1, 0.15) is 0 Å². The fraction of sp³-hybridized carbons (Fsp3) is 0.667. The normalized spacial score (nSPS) is 23.3. The van der Waals surface area contributed by atoms with Gasteiger partial charge in [-0.3, -0.25) is 9.89 Å². The van der Waals surface area contributed by atoms with Crippen LogP contribution in [-0.2, 0) is 9.47 Å². The molecular formula is C12H17N3O3. The molecule has 18 heavy (non-hydrogen) atoms. The van der Waals surface area contributed by atoms with Crippen LogP contribution in [-0.4, -0.2) is 41.1 Å². The van der Waals surface area contributed by atoms with Crippen molar-refractivity contribution in [1.29, 1.82) is 0 Å². The number of ether oxygens (including phenoxy) is 2. The van der Waals surface area contributed by atoms with Gasteiger partial charge in [0.25, 0.3) is 5.91 Å². The van der Waals surface area contributed by atoms with Gasteiger partial charge in [0.15, 0.2) is 5.79 Å². The van der Waals surface area contributed by atoms with Gasteiger partial charge in [0.2, 0.25) is 0 Å². The minimum absolute atomic E-state index is 0.0713. The molecule has 0 aromatic carbocycles. The molecule has 2 fully saturated rings. The molecule has 2 aliphatic rings. The Hall–Kier alpha value is -1.40. The van der Waals surface area contributed by atoms with Gasteiger partial charge in [-0.2, -0.15) is 5.10 Å². The lowest BCUT2D eigenvalue weighted by molar-refractivity contribution is -0.179. The minimum atomic E-state index is -0.364. The number of nitrogens with one attached hydrogen (secondary N) is 2. The maximum absolute atomic E-state index is 11.9. The fourth-order valence-electron chi connectivity index (χ4n) is 2.63. The Morgan fingerprint density at radius 1 is 1.39 bits per heavy atom. The molecule has 6 heteroatoms. The summed E-state index contributed by atoms with van der Waals surface area (Å²) in [6.07, 6.45) is 6.62. The molecule has 98 valence electrons. The monoisotopic (exact) mass is 251 g/mol. The highest BCUT2D eigenvalue weighted by molar-refractivity contribution is 5.93. The molecule has 1 saturated carbocycles. The van der Waals surface area contributed by atoms with Crippen LogP contribution in [0.15, 0.2) is 12.4 Å². The molecule has 0 radical (unpaired) electrons. The Bertz CT molecular complexity index is 402. The highest BCUT2D eigenvalue weighted by Crippen LogP contribution is 2.35. The third-order valence-corrected chi connectivity index (χ3v) is 3.66. The summed E-state index contributed by atoms with van der Waals surface area (Å²) in [5.74, 6) is -0.436. The third-order valence-electron chi connectivity index (χ3n) is 3.66. The Morgan fingerprint density at radius 3 is 2.72 bits per heavy atom. The predicted octanol–water partition coefficient (Wildman–Crippen LogP) is 0.825. The van der Waals surface area contributed by atoms with Gasteiger partial charge in [0.05, 0.1) is 25.0 Å². The van der Waals surface area contributed by atoms with E-state index in [1.54, 1.807) is 6.20 Å². The van der Waals surface area contributed by atoms with Crippen molar-refractivity contribution in [2.45, 2.75) is 37.5 Å². The van der Waals surface area contributed by atoms with Crippen molar-refractivity contribution >= 4 is 5.91 Å². The van der Waals surface area contributed by atoms with Crippen molar-refractivity contribution in [3.8, 4) is 0 Å². The van der Waals surface area contributed by atoms with Crippen molar-refractivity contribution in [1.82, 2.24) is 15.5 Å². The van der Waals surface area contributed by atoms with E-state index in [9.17, 15) is 4.79 Å². The van der Waals surface area contributed by atoms with E-state index >= 15 is 0 Å². The van der Waals surface area contributed by atoms with Crippen molar-refractivity contribution in [3.05, 3.63) is 18.0 Å². The van der Waals surface area contributed by atoms with Crippen molar-refractivity contribution in [3.63, 3.8) is 0 Å².